The Labute approximate surface area is 122 Å². The number of anilines is 1. The first-order valence-electron chi connectivity index (χ1n) is 6.21. The van der Waals surface area contributed by atoms with Gasteiger partial charge in [-0.15, -0.1) is 0 Å². The number of halogens is 1. The van der Waals surface area contributed by atoms with Crippen molar-refractivity contribution in [3.8, 4) is 0 Å². The number of aromatic nitrogens is 1. The number of rotatable bonds is 5. The molecule has 0 atom stereocenters. The Morgan fingerprint density at radius 2 is 2.10 bits per heavy atom. The lowest BCUT2D eigenvalue weighted by Gasteiger charge is -2.22. The Bertz CT molecular complexity index is 605. The molecule has 0 bridgehead atoms. The van der Waals surface area contributed by atoms with E-state index in [9.17, 15) is 10.1 Å². The highest BCUT2D eigenvalue weighted by molar-refractivity contribution is 6.33. The summed E-state index contributed by atoms with van der Waals surface area (Å²) in [7, 11) is 0. The third-order valence-corrected chi connectivity index (χ3v) is 3.25. The molecule has 0 fully saturated rings. The van der Waals surface area contributed by atoms with E-state index in [4.69, 9.17) is 11.6 Å². The van der Waals surface area contributed by atoms with Crippen LogP contribution in [0, 0.1) is 10.1 Å². The average Bonchev–Trinajstić information content (AvgIpc) is 2.45. The maximum absolute atomic E-state index is 11.2. The Hall–Kier alpha value is -2.14. The molecule has 0 amide bonds. The van der Waals surface area contributed by atoms with Crippen molar-refractivity contribution in [2.24, 2.45) is 0 Å². The van der Waals surface area contributed by atoms with E-state index in [1.54, 1.807) is 18.3 Å². The maximum atomic E-state index is 11.2. The van der Waals surface area contributed by atoms with Gasteiger partial charge in [-0.05, 0) is 31.2 Å². The Balaban J connectivity index is 2.37. The van der Waals surface area contributed by atoms with Crippen LogP contribution in [0.2, 0.25) is 5.02 Å². The van der Waals surface area contributed by atoms with E-state index in [1.807, 2.05) is 30.0 Å². The predicted molar refractivity (Wildman–Crippen MR) is 79.1 cm³/mol. The first kappa shape index (κ1) is 14.3. The van der Waals surface area contributed by atoms with Gasteiger partial charge in [0, 0.05) is 12.7 Å². The molecule has 0 unspecified atom stereocenters. The van der Waals surface area contributed by atoms with Crippen LogP contribution >= 0.6 is 11.6 Å². The number of nitrogens with zero attached hydrogens (tertiary/aromatic N) is 3. The van der Waals surface area contributed by atoms with E-state index < -0.39 is 4.92 Å². The molecule has 1 aromatic heterocycles. The SMILES string of the molecule is CCN(Cc1ccccn1)c1cccc(Cl)c1[N+](=O)[O-]. The zero-order chi connectivity index (χ0) is 14.5. The molecule has 0 aliphatic carbocycles. The molecular formula is C14H14ClN3O2. The summed E-state index contributed by atoms with van der Waals surface area (Å²) in [5.74, 6) is 0. The highest BCUT2D eigenvalue weighted by Crippen LogP contribution is 2.35. The molecule has 0 aliphatic heterocycles. The molecule has 0 aliphatic rings. The fourth-order valence-electron chi connectivity index (χ4n) is 1.99. The number of pyridine rings is 1. The minimum absolute atomic E-state index is 0.0630. The lowest BCUT2D eigenvalue weighted by Crippen LogP contribution is -2.23. The standard InChI is InChI=1S/C14H14ClN3O2/c1-2-17(10-11-6-3-4-9-16-11)13-8-5-7-12(15)14(13)18(19)20/h3-9H,2,10H2,1H3. The molecule has 0 N–H and O–H groups in total. The van der Waals surface area contributed by atoms with Crippen molar-refractivity contribution < 1.29 is 4.92 Å². The second-order valence-electron chi connectivity index (χ2n) is 4.20. The Kier molecular flexibility index (Phi) is 4.53. The summed E-state index contributed by atoms with van der Waals surface area (Å²) in [5.41, 5.74) is 1.30. The van der Waals surface area contributed by atoms with Crippen LogP contribution in [-0.2, 0) is 6.54 Å². The summed E-state index contributed by atoms with van der Waals surface area (Å²) < 4.78 is 0. The van der Waals surface area contributed by atoms with Crippen molar-refractivity contribution in [3.05, 3.63) is 63.4 Å². The Morgan fingerprint density at radius 1 is 1.30 bits per heavy atom. The zero-order valence-corrected chi connectivity index (χ0v) is 11.7. The van der Waals surface area contributed by atoms with E-state index in [1.165, 1.54) is 6.07 Å². The van der Waals surface area contributed by atoms with Crippen molar-refractivity contribution in [1.29, 1.82) is 0 Å². The van der Waals surface area contributed by atoms with Crippen LogP contribution in [0.3, 0.4) is 0 Å². The van der Waals surface area contributed by atoms with Gasteiger partial charge in [0.1, 0.15) is 10.7 Å². The second kappa shape index (κ2) is 6.34. The smallest absolute Gasteiger partial charge is 0.310 e. The number of benzene rings is 1. The fraction of sp³-hybridized carbons (Fsp3) is 0.214. The summed E-state index contributed by atoms with van der Waals surface area (Å²) in [4.78, 5) is 16.9. The van der Waals surface area contributed by atoms with Crippen molar-refractivity contribution in [1.82, 2.24) is 4.98 Å². The molecule has 2 aromatic rings. The normalized spacial score (nSPS) is 10.3. The van der Waals surface area contributed by atoms with Crippen LogP contribution in [-0.4, -0.2) is 16.5 Å². The van der Waals surface area contributed by atoms with Gasteiger partial charge in [0.15, 0.2) is 0 Å². The molecule has 0 spiro atoms. The summed E-state index contributed by atoms with van der Waals surface area (Å²) in [5, 5.41) is 11.3. The van der Waals surface area contributed by atoms with Crippen molar-refractivity contribution in [2.45, 2.75) is 13.5 Å². The largest absolute Gasteiger partial charge is 0.360 e. The minimum atomic E-state index is -0.446. The third-order valence-electron chi connectivity index (χ3n) is 2.95. The quantitative estimate of drug-likeness (QED) is 0.623. The molecule has 0 radical (unpaired) electrons. The molecule has 20 heavy (non-hydrogen) atoms. The molecule has 104 valence electrons. The van der Waals surface area contributed by atoms with Gasteiger partial charge in [0.25, 0.3) is 0 Å². The number of para-hydroxylation sites is 1. The van der Waals surface area contributed by atoms with Crippen molar-refractivity contribution >= 4 is 23.0 Å². The molecule has 0 saturated heterocycles. The average molecular weight is 292 g/mol. The van der Waals surface area contributed by atoms with Crippen LogP contribution in [0.15, 0.2) is 42.6 Å². The van der Waals surface area contributed by atoms with Crippen molar-refractivity contribution in [3.63, 3.8) is 0 Å². The van der Waals surface area contributed by atoms with E-state index in [2.05, 4.69) is 4.98 Å². The molecule has 1 aromatic carbocycles. The highest BCUT2D eigenvalue weighted by atomic mass is 35.5. The van der Waals surface area contributed by atoms with E-state index in [0.717, 1.165) is 5.69 Å². The lowest BCUT2D eigenvalue weighted by molar-refractivity contribution is -0.384. The molecule has 0 saturated carbocycles. The van der Waals surface area contributed by atoms with Crippen LogP contribution in [0.5, 0.6) is 0 Å². The maximum Gasteiger partial charge on any atom is 0.310 e. The molecule has 6 heteroatoms. The van der Waals surface area contributed by atoms with Gasteiger partial charge in [0.2, 0.25) is 0 Å². The van der Waals surface area contributed by atoms with Crippen LogP contribution in [0.25, 0.3) is 0 Å². The second-order valence-corrected chi connectivity index (χ2v) is 4.61. The number of nitro groups is 1. The number of hydrogen-bond acceptors (Lipinski definition) is 4. The van der Waals surface area contributed by atoms with Gasteiger partial charge in [0.05, 0.1) is 17.2 Å². The number of nitro benzene ring substituents is 1. The van der Waals surface area contributed by atoms with Crippen LogP contribution in [0.1, 0.15) is 12.6 Å². The summed E-state index contributed by atoms with van der Waals surface area (Å²) in [6, 6.07) is 10.6. The number of hydrogen-bond donors (Lipinski definition) is 0. The fourth-order valence-corrected chi connectivity index (χ4v) is 2.23. The van der Waals surface area contributed by atoms with Crippen molar-refractivity contribution in [2.75, 3.05) is 11.4 Å². The van der Waals surface area contributed by atoms with Gasteiger partial charge >= 0.3 is 5.69 Å². The van der Waals surface area contributed by atoms with Crippen LogP contribution in [0.4, 0.5) is 11.4 Å². The summed E-state index contributed by atoms with van der Waals surface area (Å²) in [6.07, 6.45) is 1.70. The third kappa shape index (κ3) is 3.05. The van der Waals surface area contributed by atoms with E-state index in [0.29, 0.717) is 18.8 Å². The van der Waals surface area contributed by atoms with Gasteiger partial charge in [-0.1, -0.05) is 23.7 Å². The first-order chi connectivity index (χ1) is 9.63. The van der Waals surface area contributed by atoms with Gasteiger partial charge < -0.3 is 4.90 Å². The van der Waals surface area contributed by atoms with E-state index in [-0.39, 0.29) is 10.7 Å². The molecule has 5 nitrogen and oxygen atoms in total. The predicted octanol–water partition coefficient (Wildman–Crippen LogP) is 3.67. The zero-order valence-electron chi connectivity index (χ0n) is 11.0. The van der Waals surface area contributed by atoms with Crippen LogP contribution < -0.4 is 4.90 Å². The van der Waals surface area contributed by atoms with Gasteiger partial charge in [-0.2, -0.15) is 0 Å². The first-order valence-corrected chi connectivity index (χ1v) is 6.59. The summed E-state index contributed by atoms with van der Waals surface area (Å²) in [6.45, 7) is 3.06. The topological polar surface area (TPSA) is 59.3 Å². The van der Waals surface area contributed by atoms with Gasteiger partial charge in [-0.3, -0.25) is 15.1 Å². The Morgan fingerprint density at radius 3 is 2.70 bits per heavy atom. The van der Waals surface area contributed by atoms with E-state index >= 15 is 0 Å². The molecule has 1 heterocycles. The summed E-state index contributed by atoms with van der Waals surface area (Å²) >= 11 is 5.94. The molecular weight excluding hydrogens is 278 g/mol. The minimum Gasteiger partial charge on any atom is -0.360 e. The molecule has 2 rings (SSSR count). The monoisotopic (exact) mass is 291 g/mol. The lowest BCUT2D eigenvalue weighted by atomic mass is 10.2. The highest BCUT2D eigenvalue weighted by Gasteiger charge is 2.22. The van der Waals surface area contributed by atoms with Gasteiger partial charge in [-0.25, -0.2) is 0 Å².